The first-order valence-electron chi connectivity index (χ1n) is 5.54. The summed E-state index contributed by atoms with van der Waals surface area (Å²) in [7, 11) is 0. The fourth-order valence-corrected chi connectivity index (χ4v) is 2.00. The molecule has 0 bridgehead atoms. The molecule has 0 aliphatic rings. The first-order chi connectivity index (χ1) is 9.47. The molecular weight excluding hydrogens is 325 g/mol. The van der Waals surface area contributed by atoms with Crippen LogP contribution in [0.2, 0.25) is 15.1 Å². The summed E-state index contributed by atoms with van der Waals surface area (Å²) in [5.74, 6) is 0.468. The predicted molar refractivity (Wildman–Crippen MR) is 78.9 cm³/mol. The molecule has 0 aliphatic carbocycles. The van der Waals surface area contributed by atoms with Crippen LogP contribution in [-0.2, 0) is 4.79 Å². The van der Waals surface area contributed by atoms with Gasteiger partial charge in [0.2, 0.25) is 0 Å². The van der Waals surface area contributed by atoms with Crippen molar-refractivity contribution < 1.29 is 9.53 Å². The zero-order chi connectivity index (χ0) is 14.7. The maximum absolute atomic E-state index is 11.7. The van der Waals surface area contributed by atoms with E-state index in [4.69, 9.17) is 39.5 Å². The van der Waals surface area contributed by atoms with Crippen LogP contribution in [-0.4, -0.2) is 22.7 Å². The van der Waals surface area contributed by atoms with Crippen LogP contribution in [0, 0.1) is 6.92 Å². The van der Waals surface area contributed by atoms with E-state index in [9.17, 15) is 4.79 Å². The van der Waals surface area contributed by atoms with E-state index in [0.29, 0.717) is 15.9 Å². The summed E-state index contributed by atoms with van der Waals surface area (Å²) < 4.78 is 5.30. The highest BCUT2D eigenvalue weighted by Crippen LogP contribution is 2.33. The van der Waals surface area contributed by atoms with Gasteiger partial charge in [0.05, 0.1) is 21.3 Å². The van der Waals surface area contributed by atoms with Gasteiger partial charge in [-0.1, -0.05) is 34.8 Å². The first-order valence-corrected chi connectivity index (χ1v) is 6.68. The summed E-state index contributed by atoms with van der Waals surface area (Å²) in [6.07, 6.45) is 1.60. The predicted octanol–water partition coefficient (Wildman–Crippen LogP) is 3.70. The van der Waals surface area contributed by atoms with Crippen molar-refractivity contribution in [2.24, 2.45) is 0 Å². The fraction of sp³-hybridized carbons (Fsp3) is 0.167. The molecule has 5 nitrogen and oxygen atoms in total. The first kappa shape index (κ1) is 15.0. The lowest BCUT2D eigenvalue weighted by molar-refractivity contribution is -0.118. The number of nitrogens with zero attached hydrogens (tertiary/aromatic N) is 1. The van der Waals surface area contributed by atoms with Crippen molar-refractivity contribution in [1.29, 1.82) is 0 Å². The lowest BCUT2D eigenvalue weighted by Crippen LogP contribution is -2.20. The molecule has 0 spiro atoms. The largest absolute Gasteiger partial charge is 0.482 e. The number of aryl methyl sites for hydroxylation is 1. The number of aromatic nitrogens is 2. The van der Waals surface area contributed by atoms with E-state index in [-0.39, 0.29) is 23.3 Å². The molecule has 0 radical (unpaired) electrons. The molecule has 0 saturated carbocycles. The molecule has 2 aromatic rings. The third kappa shape index (κ3) is 3.56. The molecule has 0 aliphatic heterocycles. The molecule has 0 saturated heterocycles. The molecule has 0 unspecified atom stereocenters. The van der Waals surface area contributed by atoms with Gasteiger partial charge in [0.15, 0.2) is 6.61 Å². The van der Waals surface area contributed by atoms with E-state index in [0.717, 1.165) is 5.56 Å². The second kappa shape index (κ2) is 6.35. The summed E-state index contributed by atoms with van der Waals surface area (Å²) >= 11 is 17.6. The number of rotatable bonds is 4. The number of ether oxygens (including phenoxy) is 1. The van der Waals surface area contributed by atoms with Crippen molar-refractivity contribution in [3.05, 3.63) is 39.0 Å². The summed E-state index contributed by atoms with van der Waals surface area (Å²) in [4.78, 5) is 11.7. The Hall–Kier alpha value is -1.43. The van der Waals surface area contributed by atoms with Gasteiger partial charge in [-0.15, -0.1) is 0 Å². The van der Waals surface area contributed by atoms with E-state index in [1.54, 1.807) is 6.20 Å². The molecule has 0 atom stereocenters. The maximum atomic E-state index is 11.7. The quantitative estimate of drug-likeness (QED) is 0.838. The smallest absolute Gasteiger partial charge is 0.263 e. The fourth-order valence-electron chi connectivity index (χ4n) is 1.41. The lowest BCUT2D eigenvalue weighted by Gasteiger charge is -2.09. The number of H-pyrrole nitrogens is 1. The average Bonchev–Trinajstić information content (AvgIpc) is 2.78. The van der Waals surface area contributed by atoms with E-state index in [2.05, 4.69) is 15.5 Å². The number of benzene rings is 1. The second-order valence-corrected chi connectivity index (χ2v) is 5.18. The Morgan fingerprint density at radius 3 is 2.65 bits per heavy atom. The number of nitrogens with one attached hydrogen (secondary N) is 2. The molecule has 1 amide bonds. The van der Waals surface area contributed by atoms with E-state index < -0.39 is 0 Å². The molecule has 1 aromatic heterocycles. The number of carbonyl (C=O) groups excluding carboxylic acids is 1. The summed E-state index contributed by atoms with van der Waals surface area (Å²) in [5.41, 5.74) is 0.825. The van der Waals surface area contributed by atoms with E-state index in [1.165, 1.54) is 12.1 Å². The summed E-state index contributed by atoms with van der Waals surface area (Å²) in [6.45, 7) is 1.60. The molecular formula is C12H10Cl3N3O2. The highest BCUT2D eigenvalue weighted by Gasteiger charge is 2.11. The molecule has 1 heterocycles. The van der Waals surface area contributed by atoms with Crippen LogP contribution in [0.1, 0.15) is 5.56 Å². The third-order valence-electron chi connectivity index (χ3n) is 2.43. The Balaban J connectivity index is 1.97. The summed E-state index contributed by atoms with van der Waals surface area (Å²) in [6, 6.07) is 2.92. The third-order valence-corrected chi connectivity index (χ3v) is 3.44. The van der Waals surface area contributed by atoms with Gasteiger partial charge >= 0.3 is 0 Å². The van der Waals surface area contributed by atoms with Gasteiger partial charge in [-0.05, 0) is 13.0 Å². The van der Waals surface area contributed by atoms with Crippen molar-refractivity contribution in [2.75, 3.05) is 11.9 Å². The normalized spacial score (nSPS) is 10.4. The Kier molecular flexibility index (Phi) is 4.75. The minimum Gasteiger partial charge on any atom is -0.482 e. The van der Waals surface area contributed by atoms with Crippen LogP contribution in [0.5, 0.6) is 5.75 Å². The van der Waals surface area contributed by atoms with Gasteiger partial charge < -0.3 is 10.1 Å². The number of hydrogen-bond donors (Lipinski definition) is 2. The van der Waals surface area contributed by atoms with Crippen LogP contribution in [0.15, 0.2) is 18.3 Å². The Labute approximate surface area is 130 Å². The van der Waals surface area contributed by atoms with Gasteiger partial charge in [-0.25, -0.2) is 0 Å². The van der Waals surface area contributed by atoms with Gasteiger partial charge in [-0.3, -0.25) is 9.89 Å². The van der Waals surface area contributed by atoms with E-state index >= 15 is 0 Å². The molecule has 8 heteroatoms. The standard InChI is InChI=1S/C12H10Cl3N3O2/c1-6-4-16-18-12(6)17-11(19)5-20-10-3-8(14)7(13)2-9(10)15/h2-4H,5H2,1H3,(H2,16,17,18,19). The molecule has 1 aromatic carbocycles. The minimum atomic E-state index is -0.348. The van der Waals surface area contributed by atoms with Gasteiger partial charge in [0.25, 0.3) is 5.91 Å². The van der Waals surface area contributed by atoms with Crippen molar-refractivity contribution in [3.63, 3.8) is 0 Å². The van der Waals surface area contributed by atoms with Crippen LogP contribution in [0.4, 0.5) is 5.82 Å². The molecule has 0 fully saturated rings. The Bertz CT molecular complexity index is 643. The van der Waals surface area contributed by atoms with Gasteiger partial charge in [0.1, 0.15) is 11.6 Å². The molecule has 106 valence electrons. The zero-order valence-corrected chi connectivity index (χ0v) is 12.6. The molecule has 2 N–H and O–H groups in total. The number of halogens is 3. The lowest BCUT2D eigenvalue weighted by atomic mass is 10.3. The average molecular weight is 335 g/mol. The minimum absolute atomic E-state index is 0.212. The van der Waals surface area contributed by atoms with Crippen LogP contribution in [0.25, 0.3) is 0 Å². The molecule has 20 heavy (non-hydrogen) atoms. The number of aromatic amines is 1. The highest BCUT2D eigenvalue weighted by atomic mass is 35.5. The Morgan fingerprint density at radius 1 is 1.30 bits per heavy atom. The zero-order valence-electron chi connectivity index (χ0n) is 10.3. The monoisotopic (exact) mass is 333 g/mol. The Morgan fingerprint density at radius 2 is 2.00 bits per heavy atom. The molecule has 2 rings (SSSR count). The van der Waals surface area contributed by atoms with Gasteiger partial charge in [0, 0.05) is 11.6 Å². The van der Waals surface area contributed by atoms with Crippen molar-refractivity contribution in [3.8, 4) is 5.75 Å². The number of amides is 1. The van der Waals surface area contributed by atoms with Crippen molar-refractivity contribution >= 4 is 46.5 Å². The maximum Gasteiger partial charge on any atom is 0.263 e. The van der Waals surface area contributed by atoms with Gasteiger partial charge in [-0.2, -0.15) is 5.10 Å². The topological polar surface area (TPSA) is 67.0 Å². The van der Waals surface area contributed by atoms with Crippen molar-refractivity contribution in [2.45, 2.75) is 6.92 Å². The SMILES string of the molecule is Cc1cn[nH]c1NC(=O)COc1cc(Cl)c(Cl)cc1Cl. The number of anilines is 1. The summed E-state index contributed by atoms with van der Waals surface area (Å²) in [5, 5.41) is 9.98. The van der Waals surface area contributed by atoms with E-state index in [1.807, 2.05) is 6.92 Å². The van der Waals surface area contributed by atoms with Crippen LogP contribution >= 0.6 is 34.8 Å². The number of carbonyl (C=O) groups is 1. The highest BCUT2D eigenvalue weighted by molar-refractivity contribution is 6.43. The second-order valence-electron chi connectivity index (χ2n) is 3.96. The van der Waals surface area contributed by atoms with Crippen LogP contribution in [0.3, 0.4) is 0 Å². The number of hydrogen-bond acceptors (Lipinski definition) is 3. The van der Waals surface area contributed by atoms with Crippen molar-refractivity contribution in [1.82, 2.24) is 10.2 Å². The van der Waals surface area contributed by atoms with Crippen LogP contribution < -0.4 is 10.1 Å².